The fraction of sp³-hybridized carbons (Fsp3) is 0.278. The van der Waals surface area contributed by atoms with E-state index in [1.54, 1.807) is 13.2 Å². The van der Waals surface area contributed by atoms with E-state index in [9.17, 15) is 14.7 Å². The van der Waals surface area contributed by atoms with Crippen molar-refractivity contribution in [1.29, 1.82) is 0 Å². The molecule has 2 aromatic heterocycles. The van der Waals surface area contributed by atoms with Gasteiger partial charge in [0.25, 0.3) is 0 Å². The average Bonchev–Trinajstić information content (AvgIpc) is 3.03. The van der Waals surface area contributed by atoms with Crippen molar-refractivity contribution in [2.24, 2.45) is 0 Å². The van der Waals surface area contributed by atoms with Gasteiger partial charge in [-0.05, 0) is 24.4 Å². The second-order valence-corrected chi connectivity index (χ2v) is 6.62. The van der Waals surface area contributed by atoms with Crippen molar-refractivity contribution >= 4 is 22.9 Å². The second kappa shape index (κ2) is 6.57. The molecule has 2 heterocycles. The minimum atomic E-state index is -0.378. The Bertz CT molecular complexity index is 837. The van der Waals surface area contributed by atoms with Crippen molar-refractivity contribution in [3.8, 4) is 17.1 Å². The number of allylic oxidation sites excluding steroid dienone is 2. The maximum atomic E-state index is 12.2. The maximum Gasteiger partial charge on any atom is 0.213 e. The number of carbonyl (C=O) groups excluding carboxylic acids is 2. The van der Waals surface area contributed by atoms with Crippen molar-refractivity contribution in [3.05, 3.63) is 45.9 Å². The molecule has 0 bridgehead atoms. The molecule has 1 N–H and O–H groups in total. The highest BCUT2D eigenvalue weighted by molar-refractivity contribution is 7.10. The van der Waals surface area contributed by atoms with Crippen molar-refractivity contribution in [2.75, 3.05) is 7.11 Å². The van der Waals surface area contributed by atoms with E-state index in [2.05, 4.69) is 4.98 Å². The molecular formula is C18H17NO4S. The zero-order chi connectivity index (χ0) is 17.3. The molecule has 24 heavy (non-hydrogen) atoms. The van der Waals surface area contributed by atoms with E-state index >= 15 is 0 Å². The topological polar surface area (TPSA) is 76.5 Å². The number of pyridine rings is 1. The lowest BCUT2D eigenvalue weighted by molar-refractivity contribution is -0.121. The van der Waals surface area contributed by atoms with Gasteiger partial charge in [0.05, 0.1) is 18.4 Å². The van der Waals surface area contributed by atoms with Crippen LogP contribution in [0.2, 0.25) is 0 Å². The molecule has 1 aliphatic rings. The first-order valence-electron chi connectivity index (χ1n) is 7.56. The number of thiophene rings is 1. The predicted octanol–water partition coefficient (Wildman–Crippen LogP) is 3.67. The number of rotatable bonds is 4. The molecule has 1 aliphatic carbocycles. The number of hydrogen-bond acceptors (Lipinski definition) is 6. The molecule has 0 aliphatic heterocycles. The number of ether oxygens (including phenoxy) is 1. The Labute approximate surface area is 143 Å². The molecule has 0 spiro atoms. The van der Waals surface area contributed by atoms with Crippen LogP contribution < -0.4 is 4.74 Å². The van der Waals surface area contributed by atoms with E-state index in [0.29, 0.717) is 5.88 Å². The molecule has 124 valence electrons. The molecule has 6 heteroatoms. The first-order valence-corrected chi connectivity index (χ1v) is 8.44. The summed E-state index contributed by atoms with van der Waals surface area (Å²) in [5.41, 5.74) is 1.64. The van der Waals surface area contributed by atoms with Crippen molar-refractivity contribution in [2.45, 2.75) is 25.7 Å². The molecule has 0 saturated carbocycles. The van der Waals surface area contributed by atoms with Gasteiger partial charge in [-0.15, -0.1) is 11.3 Å². The van der Waals surface area contributed by atoms with Crippen LogP contribution in [-0.4, -0.2) is 28.8 Å². The molecule has 0 amide bonds. The van der Waals surface area contributed by atoms with E-state index in [4.69, 9.17) is 4.74 Å². The van der Waals surface area contributed by atoms with E-state index in [1.807, 2.05) is 23.6 Å². The molecule has 2 aromatic rings. The predicted molar refractivity (Wildman–Crippen MR) is 91.4 cm³/mol. The summed E-state index contributed by atoms with van der Waals surface area (Å²) in [6.45, 7) is 1.31. The number of nitrogens with zero attached hydrogens (tertiary/aromatic N) is 1. The summed E-state index contributed by atoms with van der Waals surface area (Å²) in [7, 11) is 1.56. The summed E-state index contributed by atoms with van der Waals surface area (Å²) in [6.07, 6.45) is 0.509. The van der Waals surface area contributed by atoms with Gasteiger partial charge < -0.3 is 9.84 Å². The number of methoxy groups -OCH3 is 1. The summed E-state index contributed by atoms with van der Waals surface area (Å²) in [5.74, 6) is -0.415. The number of aliphatic hydroxyl groups is 1. The summed E-state index contributed by atoms with van der Waals surface area (Å²) in [6, 6.07) is 7.47. The molecule has 3 rings (SSSR count). The van der Waals surface area contributed by atoms with Gasteiger partial charge in [0.1, 0.15) is 5.76 Å². The van der Waals surface area contributed by atoms with Crippen LogP contribution in [0.25, 0.3) is 11.3 Å². The number of carbonyl (C=O) groups is 2. The molecule has 1 atom stereocenters. The van der Waals surface area contributed by atoms with Crippen LogP contribution in [0.5, 0.6) is 5.88 Å². The van der Waals surface area contributed by atoms with Gasteiger partial charge in [-0.1, -0.05) is 6.07 Å². The summed E-state index contributed by atoms with van der Waals surface area (Å²) < 4.78 is 5.17. The van der Waals surface area contributed by atoms with Crippen LogP contribution >= 0.6 is 11.3 Å². The second-order valence-electron chi connectivity index (χ2n) is 5.67. The van der Waals surface area contributed by atoms with Crippen molar-refractivity contribution in [1.82, 2.24) is 4.98 Å². The molecule has 0 saturated heterocycles. The third-order valence-electron chi connectivity index (χ3n) is 4.07. The third kappa shape index (κ3) is 2.97. The van der Waals surface area contributed by atoms with Crippen LogP contribution in [0.1, 0.15) is 30.6 Å². The molecular weight excluding hydrogens is 326 g/mol. The number of ketones is 2. The van der Waals surface area contributed by atoms with E-state index in [1.165, 1.54) is 18.3 Å². The third-order valence-corrected chi connectivity index (χ3v) is 5.14. The van der Waals surface area contributed by atoms with Crippen LogP contribution in [0.15, 0.2) is 41.0 Å². The molecule has 0 radical (unpaired) electrons. The first kappa shape index (κ1) is 16.4. The van der Waals surface area contributed by atoms with Crippen molar-refractivity contribution in [3.63, 3.8) is 0 Å². The minimum Gasteiger partial charge on any atom is -0.511 e. The quantitative estimate of drug-likeness (QED) is 0.857. The Morgan fingerprint density at radius 1 is 1.33 bits per heavy atom. The van der Waals surface area contributed by atoms with Gasteiger partial charge in [-0.2, -0.15) is 0 Å². The van der Waals surface area contributed by atoms with E-state index in [0.717, 1.165) is 16.1 Å². The highest BCUT2D eigenvalue weighted by Gasteiger charge is 2.32. The van der Waals surface area contributed by atoms with Gasteiger partial charge in [-0.3, -0.25) is 9.59 Å². The van der Waals surface area contributed by atoms with Crippen LogP contribution in [0.3, 0.4) is 0 Å². The number of hydrogen-bond donors (Lipinski definition) is 1. The monoisotopic (exact) mass is 343 g/mol. The lowest BCUT2D eigenvalue weighted by atomic mass is 9.83. The molecule has 0 aromatic carbocycles. The van der Waals surface area contributed by atoms with Crippen molar-refractivity contribution < 1.29 is 19.4 Å². The fourth-order valence-corrected chi connectivity index (χ4v) is 4.02. The Morgan fingerprint density at radius 3 is 2.79 bits per heavy atom. The Hall–Kier alpha value is -2.47. The zero-order valence-corrected chi connectivity index (χ0v) is 14.2. The first-order chi connectivity index (χ1) is 11.5. The van der Waals surface area contributed by atoms with E-state index < -0.39 is 0 Å². The minimum absolute atomic E-state index is 0.0520. The maximum absolute atomic E-state index is 12.2. The SMILES string of the molecule is COc1cccc(-c2ccsc2[C@@H]2CC(=O)C(C(C)=O)=C(O)C2)n1. The normalized spacial score (nSPS) is 17.9. The summed E-state index contributed by atoms with van der Waals surface area (Å²) in [5, 5.41) is 12.1. The van der Waals surface area contributed by atoms with Gasteiger partial charge >= 0.3 is 0 Å². The fourth-order valence-electron chi connectivity index (χ4n) is 3.01. The standard InChI is InChI=1S/C18H17NO4S/c1-10(20)17-14(21)8-11(9-15(17)22)18-12(6-7-24-18)13-4-3-5-16(19-13)23-2/h3-7,11,21H,8-9H2,1-2H3/t11-/m0/s1. The van der Waals surface area contributed by atoms with E-state index in [-0.39, 0.29) is 41.7 Å². The lowest BCUT2D eigenvalue weighted by Crippen LogP contribution is -2.22. The largest absolute Gasteiger partial charge is 0.511 e. The Balaban J connectivity index is 1.97. The van der Waals surface area contributed by atoms with Gasteiger partial charge in [0, 0.05) is 35.3 Å². The Kier molecular flexibility index (Phi) is 4.49. The highest BCUT2D eigenvalue weighted by atomic mass is 32.1. The average molecular weight is 343 g/mol. The van der Waals surface area contributed by atoms with Gasteiger partial charge in [0.15, 0.2) is 11.6 Å². The van der Waals surface area contributed by atoms with Crippen LogP contribution in [-0.2, 0) is 9.59 Å². The van der Waals surface area contributed by atoms with Gasteiger partial charge in [-0.25, -0.2) is 4.98 Å². The smallest absolute Gasteiger partial charge is 0.213 e. The molecule has 0 fully saturated rings. The highest BCUT2D eigenvalue weighted by Crippen LogP contribution is 2.41. The summed E-state index contributed by atoms with van der Waals surface area (Å²) in [4.78, 5) is 29.2. The Morgan fingerprint density at radius 2 is 2.12 bits per heavy atom. The van der Waals surface area contributed by atoms with Gasteiger partial charge in [0.2, 0.25) is 5.88 Å². The number of aromatic nitrogens is 1. The lowest BCUT2D eigenvalue weighted by Gasteiger charge is -2.22. The zero-order valence-electron chi connectivity index (χ0n) is 13.4. The summed E-state index contributed by atoms with van der Waals surface area (Å²) >= 11 is 1.53. The van der Waals surface area contributed by atoms with Crippen LogP contribution in [0, 0.1) is 0 Å². The van der Waals surface area contributed by atoms with Crippen LogP contribution in [0.4, 0.5) is 0 Å². The number of aliphatic hydroxyl groups excluding tert-OH is 1. The molecule has 0 unspecified atom stereocenters. The molecule has 5 nitrogen and oxygen atoms in total. The number of Topliss-reactive ketones (excluding diaryl/α,β-unsaturated/α-hetero) is 2.